The Hall–Kier alpha value is -1.11. The topological polar surface area (TPSA) is 60.0 Å². The summed E-state index contributed by atoms with van der Waals surface area (Å²) in [6.07, 6.45) is 3.66. The van der Waals surface area contributed by atoms with Gasteiger partial charge in [0.2, 0.25) is 0 Å². The van der Waals surface area contributed by atoms with E-state index in [9.17, 15) is 4.79 Å². The molecule has 6 heteroatoms. The summed E-state index contributed by atoms with van der Waals surface area (Å²) in [5, 5.41) is 2.89. The highest BCUT2D eigenvalue weighted by Crippen LogP contribution is 2.29. The summed E-state index contributed by atoms with van der Waals surface area (Å²) in [6.45, 7) is 9.64. The number of nitrogens with one attached hydrogen (secondary N) is 1. The molecule has 2 atom stereocenters. The number of rotatable bonds is 5. The van der Waals surface area contributed by atoms with Crippen LogP contribution in [-0.2, 0) is 14.2 Å². The fourth-order valence-corrected chi connectivity index (χ4v) is 2.93. The lowest BCUT2D eigenvalue weighted by molar-refractivity contribution is -0.188. The van der Waals surface area contributed by atoms with Crippen molar-refractivity contribution in [2.24, 2.45) is 0 Å². The zero-order valence-corrected chi connectivity index (χ0v) is 12.8. The maximum atomic E-state index is 12.2. The van der Waals surface area contributed by atoms with Crippen molar-refractivity contribution >= 4 is 6.03 Å². The first-order valence-corrected chi connectivity index (χ1v) is 7.62. The Labute approximate surface area is 126 Å². The zero-order chi connectivity index (χ0) is 15.1. The van der Waals surface area contributed by atoms with E-state index >= 15 is 0 Å². The first kappa shape index (κ1) is 16.3. The van der Waals surface area contributed by atoms with Gasteiger partial charge in [-0.3, -0.25) is 0 Å². The maximum Gasteiger partial charge on any atom is 0.317 e. The van der Waals surface area contributed by atoms with Gasteiger partial charge >= 0.3 is 6.03 Å². The number of hydrogen-bond donors (Lipinski definition) is 1. The van der Waals surface area contributed by atoms with Gasteiger partial charge in [-0.25, -0.2) is 4.79 Å². The quantitative estimate of drug-likeness (QED) is 0.611. The normalized spacial score (nSPS) is 29.4. The highest BCUT2D eigenvalue weighted by Gasteiger charge is 2.42. The first-order valence-electron chi connectivity index (χ1n) is 7.62. The lowest BCUT2D eigenvalue weighted by Gasteiger charge is -2.47. The molecule has 0 radical (unpaired) electrons. The van der Waals surface area contributed by atoms with Gasteiger partial charge in [-0.15, -0.1) is 6.58 Å². The smallest absolute Gasteiger partial charge is 0.317 e. The van der Waals surface area contributed by atoms with Gasteiger partial charge in [0.15, 0.2) is 0 Å². The van der Waals surface area contributed by atoms with Gasteiger partial charge < -0.3 is 24.4 Å². The third kappa shape index (κ3) is 4.69. The summed E-state index contributed by atoms with van der Waals surface area (Å²) in [5.41, 5.74) is -0.327. The molecule has 2 saturated heterocycles. The summed E-state index contributed by atoms with van der Waals surface area (Å²) >= 11 is 0. The highest BCUT2D eigenvalue weighted by atomic mass is 16.6. The molecule has 2 amide bonds. The molecule has 0 aromatic carbocycles. The molecular weight excluding hydrogens is 272 g/mol. The van der Waals surface area contributed by atoms with Crippen molar-refractivity contribution in [3.63, 3.8) is 0 Å². The van der Waals surface area contributed by atoms with E-state index in [0.29, 0.717) is 39.5 Å². The van der Waals surface area contributed by atoms with Gasteiger partial charge in [-0.05, 0) is 19.8 Å². The van der Waals surface area contributed by atoms with E-state index in [1.807, 2.05) is 11.8 Å². The van der Waals surface area contributed by atoms with Gasteiger partial charge in [0.05, 0.1) is 32.5 Å². The Bertz CT molecular complexity index is 356. The molecule has 2 rings (SSSR count). The standard InChI is InChI=1S/C15H26N2O4/c1-3-7-19-9-6-16-14(18)17-10-13(2)21-15(11-17)5-4-8-20-12-15/h3,13H,1,4-12H2,2H3,(H,16,18)/t13-,15-/m1/s1. The fourth-order valence-electron chi connectivity index (χ4n) is 2.93. The predicted octanol–water partition coefficient (Wildman–Crippen LogP) is 1.17. The van der Waals surface area contributed by atoms with E-state index in [2.05, 4.69) is 11.9 Å². The summed E-state index contributed by atoms with van der Waals surface area (Å²) in [6, 6.07) is -0.0581. The second kappa shape index (κ2) is 7.77. The lowest BCUT2D eigenvalue weighted by atomic mass is 9.93. The van der Waals surface area contributed by atoms with E-state index in [0.717, 1.165) is 19.4 Å². The van der Waals surface area contributed by atoms with E-state index in [1.54, 1.807) is 6.08 Å². The maximum absolute atomic E-state index is 12.2. The summed E-state index contributed by atoms with van der Waals surface area (Å²) in [5.74, 6) is 0. The van der Waals surface area contributed by atoms with E-state index in [1.165, 1.54) is 0 Å². The van der Waals surface area contributed by atoms with Crippen LogP contribution in [0.15, 0.2) is 12.7 Å². The van der Waals surface area contributed by atoms with E-state index in [4.69, 9.17) is 14.2 Å². The Morgan fingerprint density at radius 1 is 1.62 bits per heavy atom. The molecule has 2 aliphatic heterocycles. The molecule has 0 bridgehead atoms. The molecule has 0 aromatic rings. The van der Waals surface area contributed by atoms with Crippen LogP contribution in [0.3, 0.4) is 0 Å². The second-order valence-corrected chi connectivity index (χ2v) is 5.74. The Morgan fingerprint density at radius 3 is 3.19 bits per heavy atom. The van der Waals surface area contributed by atoms with Gasteiger partial charge in [-0.1, -0.05) is 6.08 Å². The van der Waals surface area contributed by atoms with Crippen LogP contribution in [0.4, 0.5) is 4.79 Å². The van der Waals surface area contributed by atoms with Crippen molar-refractivity contribution in [2.75, 3.05) is 46.1 Å². The van der Waals surface area contributed by atoms with Crippen LogP contribution in [-0.4, -0.2) is 68.7 Å². The first-order chi connectivity index (χ1) is 10.2. The number of morpholine rings is 1. The Balaban J connectivity index is 1.80. The van der Waals surface area contributed by atoms with Crippen LogP contribution in [0.25, 0.3) is 0 Å². The van der Waals surface area contributed by atoms with Crippen LogP contribution in [0.2, 0.25) is 0 Å². The van der Waals surface area contributed by atoms with E-state index < -0.39 is 0 Å². The number of hydrogen-bond acceptors (Lipinski definition) is 4. The third-order valence-electron chi connectivity index (χ3n) is 3.74. The van der Waals surface area contributed by atoms with Crippen molar-refractivity contribution in [2.45, 2.75) is 31.5 Å². The summed E-state index contributed by atoms with van der Waals surface area (Å²) < 4.78 is 16.9. The molecule has 2 heterocycles. The minimum absolute atomic E-state index is 0.0308. The van der Waals surface area contributed by atoms with Crippen LogP contribution < -0.4 is 5.32 Å². The van der Waals surface area contributed by atoms with Crippen molar-refractivity contribution in [3.05, 3.63) is 12.7 Å². The molecule has 0 aliphatic carbocycles. The van der Waals surface area contributed by atoms with Crippen molar-refractivity contribution < 1.29 is 19.0 Å². The molecule has 6 nitrogen and oxygen atoms in total. The number of ether oxygens (including phenoxy) is 3. The molecule has 2 fully saturated rings. The Morgan fingerprint density at radius 2 is 2.48 bits per heavy atom. The molecule has 1 N–H and O–H groups in total. The lowest BCUT2D eigenvalue weighted by Crippen LogP contribution is -2.61. The summed E-state index contributed by atoms with van der Waals surface area (Å²) in [7, 11) is 0. The molecule has 1 spiro atoms. The SMILES string of the molecule is C=CCOCCNC(=O)N1C[C@@H](C)O[C@]2(CCCOC2)C1. The average molecular weight is 298 g/mol. The zero-order valence-electron chi connectivity index (χ0n) is 12.8. The molecule has 0 aromatic heterocycles. The van der Waals surface area contributed by atoms with E-state index in [-0.39, 0.29) is 17.7 Å². The third-order valence-corrected chi connectivity index (χ3v) is 3.74. The average Bonchev–Trinajstić information content (AvgIpc) is 2.46. The molecule has 0 saturated carbocycles. The monoisotopic (exact) mass is 298 g/mol. The van der Waals surface area contributed by atoms with Crippen LogP contribution in [0.1, 0.15) is 19.8 Å². The fraction of sp³-hybridized carbons (Fsp3) is 0.800. The van der Waals surface area contributed by atoms with Crippen LogP contribution in [0, 0.1) is 0 Å². The highest BCUT2D eigenvalue weighted by molar-refractivity contribution is 5.74. The van der Waals surface area contributed by atoms with Crippen molar-refractivity contribution in [3.8, 4) is 0 Å². The predicted molar refractivity (Wildman–Crippen MR) is 79.3 cm³/mol. The van der Waals surface area contributed by atoms with Crippen LogP contribution >= 0.6 is 0 Å². The summed E-state index contributed by atoms with van der Waals surface area (Å²) in [4.78, 5) is 14.1. The molecule has 21 heavy (non-hydrogen) atoms. The minimum Gasteiger partial charge on any atom is -0.378 e. The number of carbonyl (C=O) groups is 1. The van der Waals surface area contributed by atoms with Gasteiger partial charge in [-0.2, -0.15) is 0 Å². The Kier molecular flexibility index (Phi) is 6.02. The molecule has 120 valence electrons. The number of nitrogens with zero attached hydrogens (tertiary/aromatic N) is 1. The van der Waals surface area contributed by atoms with Crippen molar-refractivity contribution in [1.29, 1.82) is 0 Å². The molecular formula is C15H26N2O4. The number of amides is 2. The van der Waals surface area contributed by atoms with Gasteiger partial charge in [0.25, 0.3) is 0 Å². The molecule has 0 unspecified atom stereocenters. The van der Waals surface area contributed by atoms with Crippen LogP contribution in [0.5, 0.6) is 0 Å². The second-order valence-electron chi connectivity index (χ2n) is 5.74. The largest absolute Gasteiger partial charge is 0.378 e. The van der Waals surface area contributed by atoms with Crippen molar-refractivity contribution in [1.82, 2.24) is 10.2 Å². The number of carbonyl (C=O) groups excluding carboxylic acids is 1. The number of urea groups is 1. The molecule has 2 aliphatic rings. The minimum atomic E-state index is -0.327. The van der Waals surface area contributed by atoms with Gasteiger partial charge in [0.1, 0.15) is 5.60 Å². The van der Waals surface area contributed by atoms with Gasteiger partial charge in [0, 0.05) is 19.7 Å².